The molecule has 0 bridgehead atoms. The third-order valence-electron chi connectivity index (χ3n) is 7.59. The van der Waals surface area contributed by atoms with Gasteiger partial charge in [0.2, 0.25) is 11.8 Å². The molecule has 2 saturated heterocycles. The molecule has 3 aliphatic rings. The molecule has 1 aromatic heterocycles. The Labute approximate surface area is 225 Å². The Bertz CT molecular complexity index is 1430. The number of imide groups is 1. The average molecular weight is 525 g/mol. The van der Waals surface area contributed by atoms with E-state index in [4.69, 9.17) is 0 Å². The molecule has 0 saturated carbocycles. The summed E-state index contributed by atoms with van der Waals surface area (Å²) in [7, 11) is 0. The summed E-state index contributed by atoms with van der Waals surface area (Å²) in [5.74, 6) is -0.985. The van der Waals surface area contributed by atoms with Gasteiger partial charge < -0.3 is 9.80 Å². The maximum absolute atomic E-state index is 13.0. The quantitative estimate of drug-likeness (QED) is 0.507. The molecule has 0 radical (unpaired) electrons. The number of hydrogen-bond acceptors (Lipinski definition) is 7. The van der Waals surface area contributed by atoms with E-state index in [1.807, 2.05) is 53.4 Å². The van der Waals surface area contributed by atoms with Crippen molar-refractivity contribution in [3.05, 3.63) is 83.3 Å². The van der Waals surface area contributed by atoms with E-state index in [9.17, 15) is 19.2 Å². The number of amides is 4. The fourth-order valence-corrected chi connectivity index (χ4v) is 5.45. The Kier molecular flexibility index (Phi) is 6.62. The van der Waals surface area contributed by atoms with E-state index in [-0.39, 0.29) is 24.1 Å². The van der Waals surface area contributed by atoms with Crippen LogP contribution in [0, 0.1) is 0 Å². The van der Waals surface area contributed by atoms with Gasteiger partial charge in [0.1, 0.15) is 11.7 Å². The van der Waals surface area contributed by atoms with Crippen molar-refractivity contribution in [1.29, 1.82) is 0 Å². The van der Waals surface area contributed by atoms with Crippen LogP contribution in [-0.2, 0) is 22.7 Å². The van der Waals surface area contributed by atoms with Crippen molar-refractivity contribution in [3.63, 3.8) is 0 Å². The van der Waals surface area contributed by atoms with Gasteiger partial charge in [0.05, 0.1) is 18.1 Å². The van der Waals surface area contributed by atoms with Crippen molar-refractivity contribution in [2.75, 3.05) is 26.2 Å². The van der Waals surface area contributed by atoms with E-state index in [1.54, 1.807) is 17.3 Å². The molecule has 10 heteroatoms. The number of piperidine rings is 1. The predicted molar refractivity (Wildman–Crippen MR) is 141 cm³/mol. The molecule has 10 nitrogen and oxygen atoms in total. The van der Waals surface area contributed by atoms with Gasteiger partial charge in [-0.2, -0.15) is 0 Å². The lowest BCUT2D eigenvalue weighted by Crippen LogP contribution is -2.52. The fourth-order valence-electron chi connectivity index (χ4n) is 5.45. The maximum atomic E-state index is 13.0. The molecule has 6 rings (SSSR count). The summed E-state index contributed by atoms with van der Waals surface area (Å²) in [4.78, 5) is 64.2. The lowest BCUT2D eigenvalue weighted by Gasteiger charge is -2.34. The Morgan fingerprint density at radius 3 is 2.46 bits per heavy atom. The van der Waals surface area contributed by atoms with Crippen LogP contribution < -0.4 is 5.32 Å². The predicted octanol–water partition coefficient (Wildman–Crippen LogP) is 1.86. The molecule has 39 heavy (non-hydrogen) atoms. The van der Waals surface area contributed by atoms with Gasteiger partial charge >= 0.3 is 0 Å². The third kappa shape index (κ3) is 5.03. The molecule has 1 atom stereocenters. The molecule has 2 fully saturated rings. The largest absolute Gasteiger partial charge is 0.335 e. The minimum atomic E-state index is -0.615. The Balaban J connectivity index is 1.04. The zero-order chi connectivity index (χ0) is 26.9. The summed E-state index contributed by atoms with van der Waals surface area (Å²) in [5, 5.41) is 2.34. The highest BCUT2D eigenvalue weighted by Gasteiger charge is 2.39. The van der Waals surface area contributed by atoms with Crippen LogP contribution >= 0.6 is 0 Å². The number of nitrogens with zero attached hydrogens (tertiary/aromatic N) is 5. The lowest BCUT2D eigenvalue weighted by atomic mass is 10.0. The number of piperazine rings is 1. The van der Waals surface area contributed by atoms with Crippen LogP contribution in [0.1, 0.15) is 44.8 Å². The lowest BCUT2D eigenvalue weighted by molar-refractivity contribution is -0.136. The summed E-state index contributed by atoms with van der Waals surface area (Å²) in [6.07, 6.45) is 3.77. The summed E-state index contributed by atoms with van der Waals surface area (Å²) in [6, 6.07) is 14.9. The van der Waals surface area contributed by atoms with Crippen LogP contribution in [0.15, 0.2) is 60.9 Å². The molecule has 1 N–H and O–H groups in total. The topological polar surface area (TPSA) is 116 Å². The van der Waals surface area contributed by atoms with E-state index in [0.29, 0.717) is 43.9 Å². The number of nitrogens with one attached hydrogen (secondary N) is 1. The summed E-state index contributed by atoms with van der Waals surface area (Å²) < 4.78 is 0. The van der Waals surface area contributed by atoms with Crippen molar-refractivity contribution < 1.29 is 19.2 Å². The zero-order valence-corrected chi connectivity index (χ0v) is 21.4. The molecule has 2 aromatic carbocycles. The van der Waals surface area contributed by atoms with Crippen molar-refractivity contribution in [2.24, 2.45) is 0 Å². The standard InChI is InChI=1S/C29H28N6O4/c36-26-9-8-25(27(37)32-26)35-18-21-14-19(6-7-22(21)28(35)38)17-33-10-12-34(13-11-33)29(39)24-16-30-23(15-31-24)20-4-2-1-3-5-20/h1-7,14-16,25H,8-13,17-18H2,(H,32,36,37). The van der Waals surface area contributed by atoms with E-state index < -0.39 is 11.9 Å². The van der Waals surface area contributed by atoms with Gasteiger partial charge in [0.25, 0.3) is 11.8 Å². The molecule has 1 unspecified atom stereocenters. The smallest absolute Gasteiger partial charge is 0.274 e. The van der Waals surface area contributed by atoms with Gasteiger partial charge in [-0.05, 0) is 23.6 Å². The molecular weight excluding hydrogens is 496 g/mol. The summed E-state index contributed by atoms with van der Waals surface area (Å²) in [6.45, 7) is 3.69. The van der Waals surface area contributed by atoms with Crippen molar-refractivity contribution in [2.45, 2.75) is 32.0 Å². The Hall–Kier alpha value is -4.44. The van der Waals surface area contributed by atoms with Gasteiger partial charge in [-0.3, -0.25) is 34.4 Å². The van der Waals surface area contributed by atoms with E-state index in [2.05, 4.69) is 20.2 Å². The van der Waals surface area contributed by atoms with Gasteiger partial charge in [-0.25, -0.2) is 4.98 Å². The summed E-state index contributed by atoms with van der Waals surface area (Å²) >= 11 is 0. The number of benzene rings is 2. The SMILES string of the molecule is O=C1CCC(N2Cc3cc(CN4CCN(C(=O)c5cnc(-c6ccccc6)cn5)CC4)ccc3C2=O)C(=O)N1. The minimum absolute atomic E-state index is 0.119. The number of carbonyl (C=O) groups is 4. The first-order valence-electron chi connectivity index (χ1n) is 13.1. The average Bonchev–Trinajstić information content (AvgIpc) is 3.29. The molecule has 3 aliphatic heterocycles. The van der Waals surface area contributed by atoms with Crippen LogP contribution in [0.2, 0.25) is 0 Å². The van der Waals surface area contributed by atoms with Crippen molar-refractivity contribution in [1.82, 2.24) is 30.0 Å². The highest BCUT2D eigenvalue weighted by molar-refractivity contribution is 6.05. The summed E-state index contributed by atoms with van der Waals surface area (Å²) in [5.41, 5.74) is 4.61. The second-order valence-electron chi connectivity index (χ2n) is 10.1. The van der Waals surface area contributed by atoms with Crippen LogP contribution in [0.4, 0.5) is 0 Å². The maximum Gasteiger partial charge on any atom is 0.274 e. The number of fused-ring (bicyclic) bond motifs is 1. The first-order chi connectivity index (χ1) is 19.0. The van der Waals surface area contributed by atoms with E-state index in [1.165, 1.54) is 0 Å². The molecular formula is C29H28N6O4. The fraction of sp³-hybridized carbons (Fsp3) is 0.310. The number of carbonyl (C=O) groups excluding carboxylic acids is 4. The van der Waals surface area contributed by atoms with Gasteiger partial charge in [-0.1, -0.05) is 42.5 Å². The van der Waals surface area contributed by atoms with Crippen LogP contribution in [-0.4, -0.2) is 80.5 Å². The molecule has 198 valence electrons. The zero-order valence-electron chi connectivity index (χ0n) is 21.4. The molecule has 4 heterocycles. The second-order valence-corrected chi connectivity index (χ2v) is 10.1. The molecule has 4 amide bonds. The van der Waals surface area contributed by atoms with Crippen LogP contribution in [0.3, 0.4) is 0 Å². The van der Waals surface area contributed by atoms with Crippen LogP contribution in [0.5, 0.6) is 0 Å². The third-order valence-corrected chi connectivity index (χ3v) is 7.59. The second kappa shape index (κ2) is 10.4. The number of aromatic nitrogens is 2. The Morgan fingerprint density at radius 1 is 0.949 bits per heavy atom. The number of hydrogen-bond donors (Lipinski definition) is 1. The molecule has 3 aromatic rings. The first-order valence-corrected chi connectivity index (χ1v) is 13.1. The van der Waals surface area contributed by atoms with Gasteiger partial charge in [0.15, 0.2) is 0 Å². The molecule has 0 aliphatic carbocycles. The van der Waals surface area contributed by atoms with Crippen molar-refractivity contribution >= 4 is 23.6 Å². The van der Waals surface area contributed by atoms with Crippen LogP contribution in [0.25, 0.3) is 11.3 Å². The highest BCUT2D eigenvalue weighted by Crippen LogP contribution is 2.28. The Morgan fingerprint density at radius 2 is 1.74 bits per heavy atom. The monoisotopic (exact) mass is 524 g/mol. The molecule has 0 spiro atoms. The number of rotatable bonds is 5. The van der Waals surface area contributed by atoms with Crippen molar-refractivity contribution in [3.8, 4) is 11.3 Å². The first kappa shape index (κ1) is 24.9. The van der Waals surface area contributed by atoms with Gasteiger partial charge in [0, 0.05) is 56.8 Å². The normalized spacial score (nSPS) is 19.7. The van der Waals surface area contributed by atoms with Gasteiger partial charge in [-0.15, -0.1) is 0 Å². The highest BCUT2D eigenvalue weighted by atomic mass is 16.2. The van der Waals surface area contributed by atoms with E-state index in [0.717, 1.165) is 35.5 Å². The minimum Gasteiger partial charge on any atom is -0.335 e. The van der Waals surface area contributed by atoms with E-state index >= 15 is 0 Å².